The van der Waals surface area contributed by atoms with E-state index in [2.05, 4.69) is 38.1 Å². The first-order valence-corrected chi connectivity index (χ1v) is 8.57. The lowest BCUT2D eigenvalue weighted by molar-refractivity contribution is 0.390. The predicted octanol–water partition coefficient (Wildman–Crippen LogP) is 5.81. The second kappa shape index (κ2) is 15.8. The van der Waals surface area contributed by atoms with Crippen LogP contribution < -0.4 is 0 Å². The fourth-order valence-corrected chi connectivity index (χ4v) is 2.32. The summed E-state index contributed by atoms with van der Waals surface area (Å²) in [7, 11) is 4.32. The molecule has 0 atom stereocenters. The summed E-state index contributed by atoms with van der Waals surface area (Å²) in [5.41, 5.74) is 0. The molecule has 0 saturated heterocycles. The summed E-state index contributed by atoms with van der Waals surface area (Å²) >= 11 is 0. The zero-order chi connectivity index (χ0) is 14.2. The highest BCUT2D eigenvalue weighted by atomic mass is 15.0. The minimum Gasteiger partial charge on any atom is -0.309 e. The third kappa shape index (κ3) is 17.7. The number of unbranched alkanes of at least 4 members (excludes halogenated alkanes) is 10. The maximum Gasteiger partial charge on any atom is -0.00248 e. The van der Waals surface area contributed by atoms with Gasteiger partial charge in [-0.1, -0.05) is 64.0 Å². The van der Waals surface area contributed by atoms with Crippen molar-refractivity contribution in [3.63, 3.8) is 0 Å². The SMILES string of the molecule is CCCCCCC/C=C/CCCCCCCN(C)C. The predicted molar refractivity (Wildman–Crippen MR) is 88.8 cm³/mol. The van der Waals surface area contributed by atoms with Crippen LogP contribution >= 0.6 is 0 Å². The zero-order valence-corrected chi connectivity index (χ0v) is 13.8. The Balaban J connectivity index is 3.04. The Bertz CT molecular complexity index is 184. The normalized spacial score (nSPS) is 11.8. The average Bonchev–Trinajstić information content (AvgIpc) is 2.39. The first kappa shape index (κ1) is 18.7. The molecule has 0 aliphatic heterocycles. The number of hydrogen-bond acceptors (Lipinski definition) is 1. The monoisotopic (exact) mass is 267 g/mol. The van der Waals surface area contributed by atoms with E-state index in [1.165, 1.54) is 83.6 Å². The summed E-state index contributed by atoms with van der Waals surface area (Å²) < 4.78 is 0. The summed E-state index contributed by atoms with van der Waals surface area (Å²) in [6.07, 6.45) is 21.4. The van der Waals surface area contributed by atoms with E-state index >= 15 is 0 Å². The largest absolute Gasteiger partial charge is 0.309 e. The molecule has 0 aromatic carbocycles. The second-order valence-electron chi connectivity index (χ2n) is 6.03. The molecule has 0 aliphatic rings. The molecule has 1 nitrogen and oxygen atoms in total. The molecule has 0 aromatic heterocycles. The molecular formula is C18H37N. The molecule has 0 saturated carbocycles. The lowest BCUT2D eigenvalue weighted by atomic mass is 10.1. The van der Waals surface area contributed by atoms with Crippen LogP contribution in [-0.2, 0) is 0 Å². The number of hydrogen-bond donors (Lipinski definition) is 0. The van der Waals surface area contributed by atoms with E-state index in [1.807, 2.05) is 0 Å². The molecular weight excluding hydrogens is 230 g/mol. The second-order valence-corrected chi connectivity index (χ2v) is 6.03. The van der Waals surface area contributed by atoms with Crippen molar-refractivity contribution in [2.24, 2.45) is 0 Å². The average molecular weight is 268 g/mol. The Kier molecular flexibility index (Phi) is 15.5. The van der Waals surface area contributed by atoms with Crippen molar-refractivity contribution in [1.29, 1.82) is 0 Å². The van der Waals surface area contributed by atoms with Crippen LogP contribution in [0.25, 0.3) is 0 Å². The van der Waals surface area contributed by atoms with E-state index < -0.39 is 0 Å². The summed E-state index contributed by atoms with van der Waals surface area (Å²) in [6.45, 7) is 3.53. The molecule has 0 radical (unpaired) electrons. The molecule has 0 fully saturated rings. The molecule has 0 N–H and O–H groups in total. The van der Waals surface area contributed by atoms with Crippen LogP contribution in [0.3, 0.4) is 0 Å². The molecule has 0 bridgehead atoms. The molecule has 0 aromatic rings. The van der Waals surface area contributed by atoms with Gasteiger partial charge >= 0.3 is 0 Å². The first-order valence-electron chi connectivity index (χ1n) is 8.57. The molecule has 1 heteroatoms. The Morgan fingerprint density at radius 3 is 1.63 bits per heavy atom. The van der Waals surface area contributed by atoms with Crippen LogP contribution in [0, 0.1) is 0 Å². The van der Waals surface area contributed by atoms with Crippen molar-refractivity contribution in [1.82, 2.24) is 4.90 Å². The standard InChI is InChI=1S/C18H37N/c1-4-5-6-7-8-9-10-11-12-13-14-15-16-17-18-19(2)3/h10-11H,4-9,12-18H2,1-3H3/b11-10+. The van der Waals surface area contributed by atoms with E-state index in [4.69, 9.17) is 0 Å². The van der Waals surface area contributed by atoms with Gasteiger partial charge in [-0.3, -0.25) is 0 Å². The van der Waals surface area contributed by atoms with Crippen molar-refractivity contribution in [3.8, 4) is 0 Å². The topological polar surface area (TPSA) is 3.24 Å². The number of nitrogens with zero attached hydrogens (tertiary/aromatic N) is 1. The maximum atomic E-state index is 2.40. The van der Waals surface area contributed by atoms with Crippen LogP contribution in [0.2, 0.25) is 0 Å². The van der Waals surface area contributed by atoms with Gasteiger partial charge < -0.3 is 4.90 Å². The fraction of sp³-hybridized carbons (Fsp3) is 0.889. The Hall–Kier alpha value is -0.300. The summed E-state index contributed by atoms with van der Waals surface area (Å²) in [4.78, 5) is 2.28. The van der Waals surface area contributed by atoms with Crippen LogP contribution in [0.1, 0.15) is 84.0 Å². The molecule has 0 rings (SSSR count). The fourth-order valence-electron chi connectivity index (χ4n) is 2.32. The minimum absolute atomic E-state index is 1.25. The zero-order valence-electron chi connectivity index (χ0n) is 13.8. The summed E-state index contributed by atoms with van der Waals surface area (Å²) in [6, 6.07) is 0. The summed E-state index contributed by atoms with van der Waals surface area (Å²) in [5.74, 6) is 0. The van der Waals surface area contributed by atoms with E-state index in [0.29, 0.717) is 0 Å². The van der Waals surface area contributed by atoms with Crippen molar-refractivity contribution < 1.29 is 0 Å². The van der Waals surface area contributed by atoms with Crippen LogP contribution in [0.4, 0.5) is 0 Å². The number of rotatable bonds is 14. The highest BCUT2D eigenvalue weighted by Gasteiger charge is 1.92. The van der Waals surface area contributed by atoms with Gasteiger partial charge in [0.2, 0.25) is 0 Å². The third-order valence-electron chi connectivity index (χ3n) is 3.62. The quantitative estimate of drug-likeness (QED) is 0.284. The third-order valence-corrected chi connectivity index (χ3v) is 3.62. The van der Waals surface area contributed by atoms with Gasteiger partial charge in [-0.25, -0.2) is 0 Å². The van der Waals surface area contributed by atoms with Gasteiger partial charge in [-0.2, -0.15) is 0 Å². The van der Waals surface area contributed by atoms with E-state index in [-0.39, 0.29) is 0 Å². The lowest BCUT2D eigenvalue weighted by Crippen LogP contribution is -2.12. The van der Waals surface area contributed by atoms with Gasteiger partial charge in [-0.15, -0.1) is 0 Å². The van der Waals surface area contributed by atoms with Crippen molar-refractivity contribution >= 4 is 0 Å². The Labute approximate surface area is 122 Å². The van der Waals surface area contributed by atoms with Crippen molar-refractivity contribution in [3.05, 3.63) is 12.2 Å². The maximum absolute atomic E-state index is 2.40. The molecule has 0 spiro atoms. The van der Waals surface area contributed by atoms with Gasteiger partial charge in [0.1, 0.15) is 0 Å². The van der Waals surface area contributed by atoms with Crippen molar-refractivity contribution in [2.75, 3.05) is 20.6 Å². The molecule has 0 heterocycles. The van der Waals surface area contributed by atoms with Gasteiger partial charge in [0.25, 0.3) is 0 Å². The highest BCUT2D eigenvalue weighted by Crippen LogP contribution is 2.08. The molecule has 0 amide bonds. The lowest BCUT2D eigenvalue weighted by Gasteiger charge is -2.08. The van der Waals surface area contributed by atoms with Gasteiger partial charge in [0.05, 0.1) is 0 Å². The van der Waals surface area contributed by atoms with Crippen LogP contribution in [0.5, 0.6) is 0 Å². The van der Waals surface area contributed by atoms with E-state index in [9.17, 15) is 0 Å². The van der Waals surface area contributed by atoms with E-state index in [1.54, 1.807) is 0 Å². The van der Waals surface area contributed by atoms with Gasteiger partial charge in [0.15, 0.2) is 0 Å². The van der Waals surface area contributed by atoms with Crippen LogP contribution in [-0.4, -0.2) is 25.5 Å². The Morgan fingerprint density at radius 1 is 0.632 bits per heavy atom. The molecule has 19 heavy (non-hydrogen) atoms. The number of allylic oxidation sites excluding steroid dienone is 2. The highest BCUT2D eigenvalue weighted by molar-refractivity contribution is 4.81. The van der Waals surface area contributed by atoms with Crippen LogP contribution in [0.15, 0.2) is 12.2 Å². The molecule has 0 unspecified atom stereocenters. The van der Waals surface area contributed by atoms with Crippen molar-refractivity contribution in [2.45, 2.75) is 84.0 Å². The summed E-state index contributed by atoms with van der Waals surface area (Å²) in [5, 5.41) is 0. The van der Waals surface area contributed by atoms with Gasteiger partial charge in [0, 0.05) is 0 Å². The Morgan fingerprint density at radius 2 is 1.11 bits per heavy atom. The van der Waals surface area contributed by atoms with E-state index in [0.717, 1.165) is 0 Å². The molecule has 0 aliphatic carbocycles. The molecule has 114 valence electrons. The smallest absolute Gasteiger partial charge is 0.00248 e. The first-order chi connectivity index (χ1) is 9.27. The minimum atomic E-state index is 1.25. The van der Waals surface area contributed by atoms with Gasteiger partial charge in [-0.05, 0) is 52.7 Å².